The second-order valence-corrected chi connectivity index (χ2v) is 7.23. The molecule has 2 N–H and O–H groups in total. The molecule has 33 heavy (non-hydrogen) atoms. The molecule has 0 unspecified atom stereocenters. The maximum absolute atomic E-state index is 12.1. The van der Waals surface area contributed by atoms with Gasteiger partial charge < -0.3 is 20.1 Å². The van der Waals surface area contributed by atoms with Crippen LogP contribution >= 0.6 is 0 Å². The molecule has 0 bridgehead atoms. The van der Waals surface area contributed by atoms with E-state index in [0.29, 0.717) is 30.5 Å². The number of hydrogen-bond donors (Lipinski definition) is 2. The summed E-state index contributed by atoms with van der Waals surface area (Å²) < 4.78 is 11.2. The van der Waals surface area contributed by atoms with Crippen LogP contribution in [-0.2, 0) is 13.2 Å². The first-order valence-electron chi connectivity index (χ1n) is 10.5. The molecule has 0 aliphatic heterocycles. The van der Waals surface area contributed by atoms with E-state index in [4.69, 9.17) is 9.47 Å². The molecule has 4 rings (SSSR count). The summed E-state index contributed by atoms with van der Waals surface area (Å²) in [4.78, 5) is 20.3. The Morgan fingerprint density at radius 1 is 0.970 bits per heavy atom. The first-order valence-corrected chi connectivity index (χ1v) is 10.5. The summed E-state index contributed by atoms with van der Waals surface area (Å²) in [7, 11) is 1.60. The highest BCUT2D eigenvalue weighted by Crippen LogP contribution is 2.27. The van der Waals surface area contributed by atoms with Crippen molar-refractivity contribution in [3.05, 3.63) is 103 Å². The van der Waals surface area contributed by atoms with Crippen molar-refractivity contribution < 1.29 is 14.3 Å². The van der Waals surface area contributed by atoms with E-state index in [9.17, 15) is 4.79 Å². The number of nitrogens with one attached hydrogen (secondary N) is 2. The van der Waals surface area contributed by atoms with Crippen LogP contribution in [0.5, 0.6) is 11.6 Å². The predicted octanol–water partition coefficient (Wildman–Crippen LogP) is 5.05. The van der Waals surface area contributed by atoms with Crippen LogP contribution in [0, 0.1) is 0 Å². The smallest absolute Gasteiger partial charge is 0.319 e. The monoisotopic (exact) mass is 440 g/mol. The average Bonchev–Trinajstić information content (AvgIpc) is 2.88. The average molecular weight is 441 g/mol. The second-order valence-electron chi connectivity index (χ2n) is 7.23. The third-order valence-electron chi connectivity index (χ3n) is 4.95. The topological polar surface area (TPSA) is 85.4 Å². The van der Waals surface area contributed by atoms with Crippen molar-refractivity contribution in [3.63, 3.8) is 0 Å². The van der Waals surface area contributed by atoms with E-state index in [1.165, 1.54) is 0 Å². The Hall–Kier alpha value is -4.39. The number of aromatic nitrogens is 2. The molecule has 0 spiro atoms. The van der Waals surface area contributed by atoms with E-state index in [1.54, 1.807) is 37.8 Å². The molecule has 166 valence electrons. The number of urea groups is 1. The van der Waals surface area contributed by atoms with Crippen LogP contribution in [0.2, 0.25) is 0 Å². The van der Waals surface area contributed by atoms with Gasteiger partial charge in [0.05, 0.1) is 7.11 Å². The van der Waals surface area contributed by atoms with Gasteiger partial charge in [0.2, 0.25) is 5.88 Å². The number of ether oxygens (including phenoxy) is 2. The van der Waals surface area contributed by atoms with E-state index >= 15 is 0 Å². The fourth-order valence-corrected chi connectivity index (χ4v) is 3.27. The van der Waals surface area contributed by atoms with E-state index in [-0.39, 0.29) is 6.03 Å². The highest BCUT2D eigenvalue weighted by Gasteiger charge is 2.08. The quantitative estimate of drug-likeness (QED) is 0.400. The van der Waals surface area contributed by atoms with Gasteiger partial charge in [0.25, 0.3) is 0 Å². The van der Waals surface area contributed by atoms with Crippen LogP contribution in [0.4, 0.5) is 10.5 Å². The van der Waals surface area contributed by atoms with Crippen LogP contribution in [0.15, 0.2) is 91.4 Å². The molecule has 0 saturated heterocycles. The summed E-state index contributed by atoms with van der Waals surface area (Å²) in [6.07, 6.45) is 5.14. The maximum atomic E-state index is 12.1. The first-order chi connectivity index (χ1) is 16.2. The third kappa shape index (κ3) is 6.07. The summed E-state index contributed by atoms with van der Waals surface area (Å²) in [6, 6.07) is 22.6. The Morgan fingerprint density at radius 2 is 1.82 bits per heavy atom. The zero-order valence-corrected chi connectivity index (χ0v) is 18.2. The number of nitrogens with zero attached hydrogens (tertiary/aromatic N) is 2. The highest BCUT2D eigenvalue weighted by molar-refractivity contribution is 5.89. The van der Waals surface area contributed by atoms with Crippen molar-refractivity contribution in [2.75, 3.05) is 12.4 Å². The summed E-state index contributed by atoms with van der Waals surface area (Å²) in [5.74, 6) is 1.27. The molecule has 0 saturated carbocycles. The molecule has 0 aliphatic rings. The molecule has 7 heteroatoms. The van der Waals surface area contributed by atoms with Gasteiger partial charge in [0, 0.05) is 36.9 Å². The summed E-state index contributed by atoms with van der Waals surface area (Å²) in [5.41, 5.74) is 4.72. The molecule has 0 radical (unpaired) electrons. The standard InChI is InChI=1S/C26H24N4O3/c1-32-25-15-20(12-14-28-25)24-7-3-2-6-21(24)18-33-23-10-8-22(9-11-23)30-26(31)29-17-19-5-4-13-27-16-19/h2-16H,17-18H2,1H3,(H2,29,30,31). The number of carbonyl (C=O) groups excluding carboxylic acids is 1. The molecule has 7 nitrogen and oxygen atoms in total. The molecule has 2 heterocycles. The Bertz CT molecular complexity index is 1200. The van der Waals surface area contributed by atoms with Crippen LogP contribution in [0.1, 0.15) is 11.1 Å². The summed E-state index contributed by atoms with van der Waals surface area (Å²) >= 11 is 0. The van der Waals surface area contributed by atoms with Gasteiger partial charge in [-0.3, -0.25) is 4.98 Å². The minimum Gasteiger partial charge on any atom is -0.489 e. The molecule has 4 aromatic rings. The van der Waals surface area contributed by atoms with Gasteiger partial charge in [-0.05, 0) is 58.7 Å². The van der Waals surface area contributed by atoms with Gasteiger partial charge in [0.1, 0.15) is 12.4 Å². The predicted molar refractivity (Wildman–Crippen MR) is 127 cm³/mol. The Kier molecular flexibility index (Phi) is 7.12. The van der Waals surface area contributed by atoms with Gasteiger partial charge in [-0.25, -0.2) is 9.78 Å². The van der Waals surface area contributed by atoms with E-state index < -0.39 is 0 Å². The van der Waals surface area contributed by atoms with E-state index in [0.717, 1.165) is 22.3 Å². The van der Waals surface area contributed by atoms with Gasteiger partial charge in [0.15, 0.2) is 0 Å². The van der Waals surface area contributed by atoms with Gasteiger partial charge in [-0.1, -0.05) is 30.3 Å². The fraction of sp³-hybridized carbons (Fsp3) is 0.115. The van der Waals surface area contributed by atoms with Crippen LogP contribution < -0.4 is 20.1 Å². The number of benzene rings is 2. The Balaban J connectivity index is 1.34. The number of pyridine rings is 2. The summed E-state index contributed by atoms with van der Waals surface area (Å²) in [6.45, 7) is 0.808. The SMILES string of the molecule is COc1cc(-c2ccccc2COc2ccc(NC(=O)NCc3cccnc3)cc2)ccn1. The van der Waals surface area contributed by atoms with Crippen molar-refractivity contribution in [2.24, 2.45) is 0 Å². The number of hydrogen-bond acceptors (Lipinski definition) is 5. The van der Waals surface area contributed by atoms with Gasteiger partial charge in [-0.15, -0.1) is 0 Å². The lowest BCUT2D eigenvalue weighted by atomic mass is 10.0. The largest absolute Gasteiger partial charge is 0.489 e. The molecular weight excluding hydrogens is 416 g/mol. The molecule has 0 aliphatic carbocycles. The summed E-state index contributed by atoms with van der Waals surface area (Å²) in [5, 5.41) is 5.61. The Morgan fingerprint density at radius 3 is 2.61 bits per heavy atom. The molecular formula is C26H24N4O3. The lowest BCUT2D eigenvalue weighted by Gasteiger charge is -2.12. The van der Waals surface area contributed by atoms with Crippen molar-refractivity contribution in [3.8, 4) is 22.8 Å². The number of anilines is 1. The van der Waals surface area contributed by atoms with Crippen LogP contribution in [0.3, 0.4) is 0 Å². The maximum Gasteiger partial charge on any atom is 0.319 e. The van der Waals surface area contributed by atoms with Crippen molar-refractivity contribution >= 4 is 11.7 Å². The fourth-order valence-electron chi connectivity index (χ4n) is 3.27. The van der Waals surface area contributed by atoms with Crippen LogP contribution in [-0.4, -0.2) is 23.1 Å². The van der Waals surface area contributed by atoms with Crippen molar-refractivity contribution in [1.29, 1.82) is 0 Å². The lowest BCUT2D eigenvalue weighted by molar-refractivity contribution is 0.251. The highest BCUT2D eigenvalue weighted by atomic mass is 16.5. The normalized spacial score (nSPS) is 10.3. The first kappa shape index (κ1) is 21.8. The van der Waals surface area contributed by atoms with E-state index in [2.05, 4.69) is 20.6 Å². The number of amides is 2. The number of methoxy groups -OCH3 is 1. The number of rotatable bonds is 8. The molecule has 0 atom stereocenters. The minimum absolute atomic E-state index is 0.283. The van der Waals surface area contributed by atoms with Crippen LogP contribution in [0.25, 0.3) is 11.1 Å². The number of carbonyl (C=O) groups is 1. The zero-order valence-electron chi connectivity index (χ0n) is 18.2. The third-order valence-corrected chi connectivity index (χ3v) is 4.95. The zero-order chi connectivity index (χ0) is 22.9. The molecule has 0 fully saturated rings. The Labute approximate surface area is 192 Å². The van der Waals surface area contributed by atoms with Crippen molar-refractivity contribution in [1.82, 2.24) is 15.3 Å². The van der Waals surface area contributed by atoms with Gasteiger partial charge in [-0.2, -0.15) is 0 Å². The molecule has 2 amide bonds. The molecule has 2 aromatic carbocycles. The minimum atomic E-state index is -0.283. The van der Waals surface area contributed by atoms with Crippen molar-refractivity contribution in [2.45, 2.75) is 13.2 Å². The lowest BCUT2D eigenvalue weighted by Crippen LogP contribution is -2.28. The van der Waals surface area contributed by atoms with E-state index in [1.807, 2.05) is 60.7 Å². The second kappa shape index (κ2) is 10.8. The molecule has 2 aromatic heterocycles. The van der Waals surface area contributed by atoms with Gasteiger partial charge >= 0.3 is 6.03 Å².